The lowest BCUT2D eigenvalue weighted by Gasteiger charge is -2.25. The Hall–Kier alpha value is -4.08. The van der Waals surface area contributed by atoms with E-state index in [2.05, 4.69) is 11.4 Å². The van der Waals surface area contributed by atoms with Crippen LogP contribution < -0.4 is 15.0 Å². The number of aliphatic hydroxyl groups excluding tert-OH is 1. The monoisotopic (exact) mass is 601 g/mol. The Morgan fingerprint density at radius 1 is 1.10 bits per heavy atom. The van der Waals surface area contributed by atoms with Gasteiger partial charge >= 0.3 is 6.18 Å². The second-order valence-electron chi connectivity index (χ2n) is 9.89. The Labute approximate surface area is 242 Å². The van der Waals surface area contributed by atoms with E-state index in [0.29, 0.717) is 29.8 Å². The van der Waals surface area contributed by atoms with E-state index in [1.807, 2.05) is 4.90 Å². The first-order valence-corrected chi connectivity index (χ1v) is 14.9. The maximum Gasteiger partial charge on any atom is 0.416 e. The normalized spacial score (nSPS) is 17.9. The first-order valence-electron chi connectivity index (χ1n) is 13.3. The number of carbonyl (C=O) groups excluding carboxylic acids is 1. The van der Waals surface area contributed by atoms with E-state index in [4.69, 9.17) is 4.74 Å². The highest BCUT2D eigenvalue weighted by molar-refractivity contribution is 7.91. The second-order valence-corrected chi connectivity index (χ2v) is 12.2. The van der Waals surface area contributed by atoms with Crippen molar-refractivity contribution in [2.45, 2.75) is 49.0 Å². The van der Waals surface area contributed by atoms with Crippen LogP contribution >= 0.6 is 0 Å². The second kappa shape index (κ2) is 12.8. The van der Waals surface area contributed by atoms with Crippen molar-refractivity contribution in [3.05, 3.63) is 89.5 Å². The molecule has 8 nitrogen and oxygen atoms in total. The molecule has 1 saturated heterocycles. The van der Waals surface area contributed by atoms with Gasteiger partial charge in [0.25, 0.3) is 5.91 Å². The summed E-state index contributed by atoms with van der Waals surface area (Å²) in [5, 5.41) is 22.0. The molecule has 1 aliphatic rings. The number of amides is 1. The van der Waals surface area contributed by atoms with Gasteiger partial charge in [-0.1, -0.05) is 19.1 Å². The van der Waals surface area contributed by atoms with Crippen LogP contribution in [0.3, 0.4) is 0 Å². The molecule has 0 aliphatic carbocycles. The highest BCUT2D eigenvalue weighted by Crippen LogP contribution is 2.33. The van der Waals surface area contributed by atoms with Crippen LogP contribution in [0, 0.1) is 11.3 Å². The van der Waals surface area contributed by atoms with Crippen LogP contribution in [0.4, 0.5) is 18.9 Å². The van der Waals surface area contributed by atoms with Crippen molar-refractivity contribution in [1.82, 2.24) is 5.32 Å². The van der Waals surface area contributed by atoms with Crippen LogP contribution in [0.15, 0.2) is 77.7 Å². The number of hydrogen-bond donors (Lipinski definition) is 2. The summed E-state index contributed by atoms with van der Waals surface area (Å²) >= 11 is 0. The van der Waals surface area contributed by atoms with Gasteiger partial charge < -0.3 is 20.1 Å². The number of aliphatic hydroxyl groups is 1. The topological polar surface area (TPSA) is 120 Å². The van der Waals surface area contributed by atoms with Crippen LogP contribution in [-0.2, 0) is 16.0 Å². The van der Waals surface area contributed by atoms with Gasteiger partial charge in [-0.25, -0.2) is 8.42 Å². The SMILES string of the molecule is CCS(=O)(=O)c1ccc([C@H](CO)NC(=O)c2ccc(N3C[C@H](Oc4ccc(C(F)(F)F)cc4)C[C@H]3CC#N)cc2)cc1. The quantitative estimate of drug-likeness (QED) is 0.339. The number of ether oxygens (including phenoxy) is 1. The van der Waals surface area contributed by atoms with Crippen LogP contribution in [0.25, 0.3) is 0 Å². The fourth-order valence-electron chi connectivity index (χ4n) is 4.84. The molecule has 12 heteroatoms. The summed E-state index contributed by atoms with van der Waals surface area (Å²) in [6.07, 6.45) is -4.08. The Kier molecular flexibility index (Phi) is 9.43. The summed E-state index contributed by atoms with van der Waals surface area (Å²) in [5.74, 6) is -0.175. The Balaban J connectivity index is 1.42. The Morgan fingerprint density at radius 3 is 2.29 bits per heavy atom. The van der Waals surface area contributed by atoms with Crippen molar-refractivity contribution in [3.8, 4) is 11.8 Å². The molecular weight excluding hydrogens is 571 g/mol. The van der Waals surface area contributed by atoms with Crippen molar-refractivity contribution >= 4 is 21.4 Å². The van der Waals surface area contributed by atoms with Gasteiger partial charge in [-0.05, 0) is 66.2 Å². The maximum absolute atomic E-state index is 12.9. The third-order valence-corrected chi connectivity index (χ3v) is 8.91. The lowest BCUT2D eigenvalue weighted by molar-refractivity contribution is -0.137. The number of nitrogens with zero attached hydrogens (tertiary/aromatic N) is 2. The molecule has 1 aliphatic heterocycles. The van der Waals surface area contributed by atoms with Crippen LogP contribution in [0.2, 0.25) is 0 Å². The average Bonchev–Trinajstić information content (AvgIpc) is 3.37. The van der Waals surface area contributed by atoms with E-state index in [1.54, 1.807) is 43.3 Å². The number of benzene rings is 3. The van der Waals surface area contributed by atoms with Gasteiger partial charge in [0, 0.05) is 23.7 Å². The number of carbonyl (C=O) groups is 1. The fraction of sp³-hybridized carbons (Fsp3) is 0.333. The molecule has 0 spiro atoms. The van der Waals surface area contributed by atoms with Gasteiger partial charge in [0.1, 0.15) is 11.9 Å². The van der Waals surface area contributed by atoms with E-state index in [-0.39, 0.29) is 29.2 Å². The van der Waals surface area contributed by atoms with Gasteiger partial charge in [-0.15, -0.1) is 0 Å². The van der Waals surface area contributed by atoms with Crippen LogP contribution in [-0.4, -0.2) is 50.5 Å². The summed E-state index contributed by atoms with van der Waals surface area (Å²) in [7, 11) is -3.38. The lowest BCUT2D eigenvalue weighted by atomic mass is 10.1. The van der Waals surface area contributed by atoms with Gasteiger partial charge in [-0.2, -0.15) is 18.4 Å². The molecule has 1 heterocycles. The molecule has 0 saturated carbocycles. The summed E-state index contributed by atoms with van der Waals surface area (Å²) < 4.78 is 68.6. The molecule has 1 fully saturated rings. The molecule has 0 bridgehead atoms. The van der Waals surface area contributed by atoms with Gasteiger partial charge in [-0.3, -0.25) is 4.79 Å². The Bertz CT molecular complexity index is 1520. The third kappa shape index (κ3) is 7.21. The number of anilines is 1. The molecule has 0 aromatic heterocycles. The molecule has 4 rings (SSSR count). The summed E-state index contributed by atoms with van der Waals surface area (Å²) in [6.45, 7) is 1.55. The van der Waals surface area contributed by atoms with Crippen molar-refractivity contribution < 1.29 is 36.2 Å². The summed E-state index contributed by atoms with van der Waals surface area (Å²) in [5.41, 5.74) is 0.862. The van der Waals surface area contributed by atoms with Crippen LogP contribution in [0.1, 0.15) is 47.3 Å². The van der Waals surface area contributed by atoms with Gasteiger partial charge in [0.05, 0.1) is 47.9 Å². The minimum absolute atomic E-state index is 0.0377. The third-order valence-electron chi connectivity index (χ3n) is 7.16. The zero-order chi connectivity index (χ0) is 30.5. The van der Waals surface area contributed by atoms with E-state index in [9.17, 15) is 36.8 Å². The smallest absolute Gasteiger partial charge is 0.416 e. The number of alkyl halides is 3. The Morgan fingerprint density at radius 2 is 1.74 bits per heavy atom. The largest absolute Gasteiger partial charge is 0.489 e. The number of nitrogens with one attached hydrogen (secondary N) is 1. The molecule has 0 unspecified atom stereocenters. The molecule has 3 atom stereocenters. The van der Waals surface area contributed by atoms with Crippen molar-refractivity contribution in [2.24, 2.45) is 0 Å². The zero-order valence-corrected chi connectivity index (χ0v) is 23.5. The van der Waals surface area contributed by atoms with E-state index < -0.39 is 40.1 Å². The molecule has 3 aromatic rings. The van der Waals surface area contributed by atoms with Crippen LogP contribution in [0.5, 0.6) is 5.75 Å². The molecule has 42 heavy (non-hydrogen) atoms. The van der Waals surface area contributed by atoms with E-state index >= 15 is 0 Å². The first-order chi connectivity index (χ1) is 19.9. The number of halogens is 3. The minimum atomic E-state index is -4.44. The highest BCUT2D eigenvalue weighted by Gasteiger charge is 2.34. The number of nitriles is 1. The average molecular weight is 602 g/mol. The molecule has 3 aromatic carbocycles. The first kappa shape index (κ1) is 30.9. The van der Waals surface area contributed by atoms with E-state index in [0.717, 1.165) is 17.8 Å². The maximum atomic E-state index is 12.9. The van der Waals surface area contributed by atoms with Crippen molar-refractivity contribution in [1.29, 1.82) is 5.26 Å². The van der Waals surface area contributed by atoms with Crippen molar-refractivity contribution in [2.75, 3.05) is 23.8 Å². The predicted molar refractivity (Wildman–Crippen MR) is 150 cm³/mol. The molecule has 222 valence electrons. The number of hydrogen-bond acceptors (Lipinski definition) is 7. The number of sulfone groups is 1. The highest BCUT2D eigenvalue weighted by atomic mass is 32.2. The van der Waals surface area contributed by atoms with Crippen molar-refractivity contribution in [3.63, 3.8) is 0 Å². The van der Waals surface area contributed by atoms with Gasteiger partial charge in [0.2, 0.25) is 0 Å². The minimum Gasteiger partial charge on any atom is -0.489 e. The molecule has 1 amide bonds. The number of rotatable bonds is 10. The van der Waals surface area contributed by atoms with E-state index in [1.165, 1.54) is 24.3 Å². The standard InChI is InChI=1S/C30H30F3N3O5S/c1-2-42(39,40)27-13-5-20(6-14-27)28(19-37)35-29(38)21-3-9-23(10-4-21)36-18-26(17-24(36)15-16-34)41-25-11-7-22(8-12-25)30(31,32)33/h3-14,24,26,28,37H,2,15,17-19H2,1H3,(H,35,38)/t24-,26-,28+/m1/s1. The summed E-state index contributed by atoms with van der Waals surface area (Å²) in [4.78, 5) is 15.1. The summed E-state index contributed by atoms with van der Waals surface area (Å²) in [6, 6.07) is 18.4. The fourth-order valence-corrected chi connectivity index (χ4v) is 5.73. The van der Waals surface area contributed by atoms with Gasteiger partial charge in [0.15, 0.2) is 9.84 Å². The molecule has 2 N–H and O–H groups in total. The lowest BCUT2D eigenvalue weighted by Crippen LogP contribution is -2.31. The predicted octanol–water partition coefficient (Wildman–Crippen LogP) is 4.90. The molecular formula is C30H30F3N3O5S. The zero-order valence-electron chi connectivity index (χ0n) is 22.7. The molecule has 0 radical (unpaired) electrons.